The van der Waals surface area contributed by atoms with Crippen LogP contribution in [0.25, 0.3) is 11.0 Å². The van der Waals surface area contributed by atoms with E-state index in [2.05, 4.69) is 9.97 Å². The normalized spacial score (nSPS) is 10.8. The summed E-state index contributed by atoms with van der Waals surface area (Å²) < 4.78 is 5.16. The lowest BCUT2D eigenvalue weighted by atomic mass is 10.2. The Bertz CT molecular complexity index is 962. The second-order valence-electron chi connectivity index (χ2n) is 5.72. The van der Waals surface area contributed by atoms with Crippen molar-refractivity contribution in [1.82, 2.24) is 9.97 Å². The molecule has 5 nitrogen and oxygen atoms in total. The number of esters is 1. The minimum atomic E-state index is -0.539. The molecule has 3 aromatic rings. The van der Waals surface area contributed by atoms with Crippen molar-refractivity contribution in [2.24, 2.45) is 0 Å². The van der Waals surface area contributed by atoms with Crippen LogP contribution in [-0.2, 0) is 11.2 Å². The van der Waals surface area contributed by atoms with Crippen molar-refractivity contribution in [3.8, 4) is 0 Å². The number of hydrogen-bond donors (Lipinski definition) is 0. The quantitative estimate of drug-likeness (QED) is 0.513. The van der Waals surface area contributed by atoms with Crippen molar-refractivity contribution in [1.29, 1.82) is 0 Å². The van der Waals surface area contributed by atoms with Gasteiger partial charge < -0.3 is 4.74 Å². The number of Topliss-reactive ketones (excluding diaryl/α,β-unsaturated/α-hetero) is 1. The average Bonchev–Trinajstić information content (AvgIpc) is 3.09. The molecule has 25 heavy (non-hydrogen) atoms. The van der Waals surface area contributed by atoms with Gasteiger partial charge in [0.1, 0.15) is 0 Å². The van der Waals surface area contributed by atoms with Gasteiger partial charge in [-0.3, -0.25) is 4.79 Å². The summed E-state index contributed by atoms with van der Waals surface area (Å²) >= 11 is 1.43. The number of carbonyl (C=O) groups excluding carboxylic acids is 2. The van der Waals surface area contributed by atoms with Crippen LogP contribution in [0.15, 0.2) is 30.3 Å². The highest BCUT2D eigenvalue weighted by molar-refractivity contribution is 7.14. The number of carbonyl (C=O) groups is 2. The second-order valence-corrected chi connectivity index (χ2v) is 6.89. The van der Waals surface area contributed by atoms with E-state index in [1.54, 1.807) is 24.3 Å². The van der Waals surface area contributed by atoms with Crippen LogP contribution in [0.5, 0.6) is 0 Å². The standard InChI is InChI=1S/C19H18N2O3S/c1-4-14-6-8-18(25-14)17(22)10-24-19(23)13-5-7-15-16(9-13)21-12(3)11(2)20-15/h5-9H,4,10H2,1-3H3. The molecule has 2 aromatic heterocycles. The van der Waals surface area contributed by atoms with Gasteiger partial charge >= 0.3 is 5.97 Å². The summed E-state index contributed by atoms with van der Waals surface area (Å²) in [5.41, 5.74) is 3.39. The molecular formula is C19H18N2O3S. The van der Waals surface area contributed by atoms with Crippen LogP contribution in [0.4, 0.5) is 0 Å². The Morgan fingerprint density at radius 1 is 1.04 bits per heavy atom. The van der Waals surface area contributed by atoms with Gasteiger partial charge in [-0.15, -0.1) is 11.3 Å². The van der Waals surface area contributed by atoms with E-state index in [9.17, 15) is 9.59 Å². The maximum absolute atomic E-state index is 12.2. The van der Waals surface area contributed by atoms with Gasteiger partial charge in [-0.05, 0) is 50.6 Å². The fourth-order valence-electron chi connectivity index (χ4n) is 2.36. The third-order valence-electron chi connectivity index (χ3n) is 3.93. The Balaban J connectivity index is 1.71. The number of benzene rings is 1. The Hall–Kier alpha value is -2.60. The van der Waals surface area contributed by atoms with Gasteiger partial charge in [0.05, 0.1) is 32.9 Å². The third kappa shape index (κ3) is 3.74. The molecule has 3 rings (SSSR count). The molecule has 1 aromatic carbocycles. The molecule has 0 radical (unpaired) electrons. The zero-order valence-corrected chi connectivity index (χ0v) is 15.1. The number of ketones is 1. The van der Waals surface area contributed by atoms with Crippen LogP contribution in [0.3, 0.4) is 0 Å². The van der Waals surface area contributed by atoms with E-state index in [4.69, 9.17) is 4.74 Å². The zero-order chi connectivity index (χ0) is 18.0. The third-order valence-corrected chi connectivity index (χ3v) is 5.20. The maximum Gasteiger partial charge on any atom is 0.338 e. The first-order chi connectivity index (χ1) is 12.0. The molecule has 0 saturated heterocycles. The van der Waals surface area contributed by atoms with Gasteiger partial charge in [-0.25, -0.2) is 14.8 Å². The van der Waals surface area contributed by atoms with Crippen LogP contribution in [-0.4, -0.2) is 28.3 Å². The number of thiophene rings is 1. The Morgan fingerprint density at radius 3 is 2.44 bits per heavy atom. The number of ether oxygens (including phenoxy) is 1. The van der Waals surface area contributed by atoms with Crippen LogP contribution >= 0.6 is 11.3 Å². The number of rotatable bonds is 5. The van der Waals surface area contributed by atoms with E-state index in [-0.39, 0.29) is 12.4 Å². The lowest BCUT2D eigenvalue weighted by Gasteiger charge is -2.06. The lowest BCUT2D eigenvalue weighted by molar-refractivity contribution is 0.0476. The molecule has 0 fully saturated rings. The second kappa shape index (κ2) is 7.11. The molecule has 0 bridgehead atoms. The highest BCUT2D eigenvalue weighted by Crippen LogP contribution is 2.18. The van der Waals surface area contributed by atoms with Crippen LogP contribution < -0.4 is 0 Å². The van der Waals surface area contributed by atoms with Crippen molar-refractivity contribution >= 4 is 34.1 Å². The van der Waals surface area contributed by atoms with Gasteiger partial charge in [-0.2, -0.15) is 0 Å². The average molecular weight is 354 g/mol. The minimum absolute atomic E-state index is 0.190. The molecule has 2 heterocycles. The van der Waals surface area contributed by atoms with Crippen molar-refractivity contribution in [3.63, 3.8) is 0 Å². The van der Waals surface area contributed by atoms with E-state index in [0.717, 1.165) is 28.2 Å². The summed E-state index contributed by atoms with van der Waals surface area (Å²) in [5.74, 6) is -0.729. The predicted molar refractivity (Wildman–Crippen MR) is 97.3 cm³/mol. The first-order valence-electron chi connectivity index (χ1n) is 8.02. The molecule has 0 aliphatic heterocycles. The number of fused-ring (bicyclic) bond motifs is 1. The van der Waals surface area contributed by atoms with Crippen molar-refractivity contribution in [3.05, 3.63) is 57.0 Å². The Morgan fingerprint density at radius 2 is 1.76 bits per heavy atom. The van der Waals surface area contributed by atoms with E-state index < -0.39 is 5.97 Å². The molecule has 0 N–H and O–H groups in total. The summed E-state index contributed by atoms with van der Waals surface area (Å²) in [7, 11) is 0. The van der Waals surface area contributed by atoms with Gasteiger partial charge in [0.15, 0.2) is 6.61 Å². The zero-order valence-electron chi connectivity index (χ0n) is 14.3. The fraction of sp³-hybridized carbons (Fsp3) is 0.263. The lowest BCUT2D eigenvalue weighted by Crippen LogP contribution is -2.13. The molecule has 0 spiro atoms. The Labute approximate surface area is 149 Å². The minimum Gasteiger partial charge on any atom is -0.454 e. The number of aromatic nitrogens is 2. The predicted octanol–water partition coefficient (Wildman–Crippen LogP) is 3.91. The first kappa shape index (κ1) is 17.2. The molecule has 0 aliphatic rings. The molecular weight excluding hydrogens is 336 g/mol. The maximum atomic E-state index is 12.2. The monoisotopic (exact) mass is 354 g/mol. The van der Waals surface area contributed by atoms with Crippen molar-refractivity contribution in [2.75, 3.05) is 6.61 Å². The first-order valence-corrected chi connectivity index (χ1v) is 8.83. The molecule has 0 unspecified atom stereocenters. The van der Waals surface area contributed by atoms with Crippen LogP contribution in [0, 0.1) is 13.8 Å². The van der Waals surface area contributed by atoms with Gasteiger partial charge in [0, 0.05) is 4.88 Å². The highest BCUT2D eigenvalue weighted by atomic mass is 32.1. The van der Waals surface area contributed by atoms with E-state index >= 15 is 0 Å². The summed E-state index contributed by atoms with van der Waals surface area (Å²) in [6.07, 6.45) is 0.884. The molecule has 0 saturated carbocycles. The topological polar surface area (TPSA) is 69.2 Å². The number of nitrogens with zero attached hydrogens (tertiary/aromatic N) is 2. The number of aryl methyl sites for hydroxylation is 3. The molecule has 0 atom stereocenters. The highest BCUT2D eigenvalue weighted by Gasteiger charge is 2.14. The summed E-state index contributed by atoms with van der Waals surface area (Å²) in [6.45, 7) is 5.53. The van der Waals surface area contributed by atoms with Crippen LogP contribution in [0.2, 0.25) is 0 Å². The van der Waals surface area contributed by atoms with E-state index in [0.29, 0.717) is 16.0 Å². The SMILES string of the molecule is CCc1ccc(C(=O)COC(=O)c2ccc3nc(C)c(C)nc3c2)s1. The summed E-state index contributed by atoms with van der Waals surface area (Å²) in [4.78, 5) is 34.9. The van der Waals surface area contributed by atoms with Gasteiger partial charge in [0.2, 0.25) is 5.78 Å². The fourth-order valence-corrected chi connectivity index (χ4v) is 3.23. The smallest absolute Gasteiger partial charge is 0.338 e. The largest absolute Gasteiger partial charge is 0.454 e. The van der Waals surface area contributed by atoms with Gasteiger partial charge in [0.25, 0.3) is 0 Å². The molecule has 0 aliphatic carbocycles. The summed E-state index contributed by atoms with van der Waals surface area (Å²) in [5, 5.41) is 0. The van der Waals surface area contributed by atoms with E-state index in [1.165, 1.54) is 11.3 Å². The van der Waals surface area contributed by atoms with Crippen LogP contribution in [0.1, 0.15) is 43.2 Å². The van der Waals surface area contributed by atoms with Gasteiger partial charge in [-0.1, -0.05) is 6.92 Å². The molecule has 6 heteroatoms. The van der Waals surface area contributed by atoms with Crippen molar-refractivity contribution in [2.45, 2.75) is 27.2 Å². The summed E-state index contributed by atoms with van der Waals surface area (Å²) in [6, 6.07) is 8.71. The van der Waals surface area contributed by atoms with Crippen molar-refractivity contribution < 1.29 is 14.3 Å². The van der Waals surface area contributed by atoms with E-state index in [1.807, 2.05) is 26.8 Å². The Kier molecular flexibility index (Phi) is 4.90. The molecule has 0 amide bonds. The number of hydrogen-bond acceptors (Lipinski definition) is 6. The molecule has 128 valence electrons.